The molecule has 2 aliphatic carbocycles. The summed E-state index contributed by atoms with van der Waals surface area (Å²) < 4.78 is 5.89. The average molecular weight is 374 g/mol. The van der Waals surface area contributed by atoms with Crippen molar-refractivity contribution in [1.82, 2.24) is 5.01 Å². The van der Waals surface area contributed by atoms with Gasteiger partial charge in [0, 0.05) is 5.56 Å². The molecule has 0 unspecified atom stereocenters. The lowest BCUT2D eigenvalue weighted by Crippen LogP contribution is -2.28. The molecule has 1 heterocycles. The third kappa shape index (κ3) is 2.49. The van der Waals surface area contributed by atoms with E-state index in [-0.39, 0.29) is 35.5 Å². The van der Waals surface area contributed by atoms with Gasteiger partial charge in [0.1, 0.15) is 5.75 Å². The minimum atomic E-state index is -0.233. The molecule has 5 heteroatoms. The third-order valence-corrected chi connectivity index (χ3v) is 6.14. The van der Waals surface area contributed by atoms with Crippen LogP contribution in [0.25, 0.3) is 10.8 Å². The van der Waals surface area contributed by atoms with E-state index in [2.05, 4.69) is 24.2 Å². The van der Waals surface area contributed by atoms with Crippen molar-refractivity contribution in [2.24, 2.45) is 28.8 Å². The van der Waals surface area contributed by atoms with Crippen LogP contribution in [-0.4, -0.2) is 29.6 Å². The smallest absolute Gasteiger partial charge is 0.254 e. The van der Waals surface area contributed by atoms with Gasteiger partial charge in [0.25, 0.3) is 11.8 Å². The zero-order valence-electron chi connectivity index (χ0n) is 15.7. The maximum absolute atomic E-state index is 12.9. The number of amides is 2. The molecule has 0 spiro atoms. The van der Waals surface area contributed by atoms with Crippen molar-refractivity contribution < 1.29 is 14.3 Å². The summed E-state index contributed by atoms with van der Waals surface area (Å²) in [5.74, 6) is 0.287. The number of hydrogen-bond donors (Lipinski definition) is 0. The largest absolute Gasteiger partial charge is 0.493 e. The molecule has 1 saturated heterocycles. The van der Waals surface area contributed by atoms with Gasteiger partial charge < -0.3 is 4.74 Å². The van der Waals surface area contributed by atoms with Crippen LogP contribution in [0.4, 0.5) is 0 Å². The molecule has 2 bridgehead atoms. The number of imide groups is 1. The molecule has 2 amide bonds. The van der Waals surface area contributed by atoms with Crippen molar-refractivity contribution in [2.75, 3.05) is 6.61 Å². The van der Waals surface area contributed by atoms with E-state index in [1.54, 1.807) is 6.21 Å². The number of benzene rings is 2. The second kappa shape index (κ2) is 6.59. The van der Waals surface area contributed by atoms with E-state index >= 15 is 0 Å². The van der Waals surface area contributed by atoms with Crippen LogP contribution in [0.5, 0.6) is 5.75 Å². The van der Waals surface area contributed by atoms with Gasteiger partial charge in [-0.05, 0) is 41.5 Å². The van der Waals surface area contributed by atoms with Crippen molar-refractivity contribution in [3.8, 4) is 5.75 Å². The van der Waals surface area contributed by atoms with Crippen LogP contribution in [0.2, 0.25) is 0 Å². The van der Waals surface area contributed by atoms with Crippen molar-refractivity contribution in [2.45, 2.75) is 19.8 Å². The number of ether oxygens (including phenoxy) is 1. The van der Waals surface area contributed by atoms with Crippen molar-refractivity contribution in [3.63, 3.8) is 0 Å². The molecule has 1 saturated carbocycles. The van der Waals surface area contributed by atoms with Crippen LogP contribution in [-0.2, 0) is 9.59 Å². The molecule has 28 heavy (non-hydrogen) atoms. The number of carbonyl (C=O) groups is 2. The molecule has 5 rings (SSSR count). The van der Waals surface area contributed by atoms with Crippen molar-refractivity contribution in [1.29, 1.82) is 0 Å². The highest BCUT2D eigenvalue weighted by Gasteiger charge is 2.59. The first-order valence-electron chi connectivity index (χ1n) is 9.93. The second-order valence-electron chi connectivity index (χ2n) is 7.78. The number of hydrazone groups is 1. The zero-order valence-corrected chi connectivity index (χ0v) is 15.7. The van der Waals surface area contributed by atoms with E-state index < -0.39 is 0 Å². The standard InChI is InChI=1S/C23H22N2O3/c1-2-11-28-19-10-9-14-5-3-4-6-17(14)18(19)13-24-25-22(26)20-15-7-8-16(12-15)21(20)23(25)27/h3-10,13,15-16,20-21H,2,11-12H2,1H3/b24-13-/t15-,16-,20+,21+/m1/s1. The van der Waals surface area contributed by atoms with Gasteiger partial charge in [0.2, 0.25) is 0 Å². The Kier molecular flexibility index (Phi) is 4.04. The van der Waals surface area contributed by atoms with Crippen molar-refractivity contribution in [3.05, 3.63) is 54.1 Å². The maximum atomic E-state index is 12.9. The predicted octanol–water partition coefficient (Wildman–Crippen LogP) is 3.77. The molecule has 5 nitrogen and oxygen atoms in total. The Morgan fingerprint density at radius 3 is 2.50 bits per heavy atom. The van der Waals surface area contributed by atoms with E-state index in [1.807, 2.05) is 36.4 Å². The minimum Gasteiger partial charge on any atom is -0.493 e. The van der Waals surface area contributed by atoms with Crippen LogP contribution in [0.15, 0.2) is 53.7 Å². The Morgan fingerprint density at radius 1 is 1.07 bits per heavy atom. The highest BCUT2D eigenvalue weighted by Crippen LogP contribution is 2.52. The van der Waals surface area contributed by atoms with E-state index in [0.717, 1.165) is 34.2 Å². The lowest BCUT2D eigenvalue weighted by Gasteiger charge is -2.13. The molecule has 0 aromatic heterocycles. The van der Waals surface area contributed by atoms with Crippen LogP contribution < -0.4 is 4.74 Å². The first-order valence-corrected chi connectivity index (χ1v) is 9.93. The van der Waals surface area contributed by atoms with E-state index in [4.69, 9.17) is 4.74 Å². The van der Waals surface area contributed by atoms with Gasteiger partial charge in [-0.25, -0.2) is 0 Å². The molecule has 4 atom stereocenters. The van der Waals surface area contributed by atoms with Gasteiger partial charge in [-0.15, -0.1) is 0 Å². The summed E-state index contributed by atoms with van der Waals surface area (Å²) in [6.45, 7) is 2.65. The van der Waals surface area contributed by atoms with E-state index in [0.29, 0.717) is 12.4 Å². The van der Waals surface area contributed by atoms with Gasteiger partial charge in [0.05, 0.1) is 24.7 Å². The normalized spacial score (nSPS) is 28.1. The lowest BCUT2D eigenvalue weighted by molar-refractivity contribution is -0.140. The Bertz CT molecular complexity index is 996. The molecule has 2 fully saturated rings. The van der Waals surface area contributed by atoms with Crippen LogP contribution >= 0.6 is 0 Å². The minimum absolute atomic E-state index is 0.167. The highest BCUT2D eigenvalue weighted by atomic mass is 16.5. The molecule has 142 valence electrons. The molecular formula is C23H22N2O3. The predicted molar refractivity (Wildman–Crippen MR) is 107 cm³/mol. The van der Waals surface area contributed by atoms with E-state index in [9.17, 15) is 9.59 Å². The number of rotatable bonds is 5. The Morgan fingerprint density at radius 2 is 1.79 bits per heavy atom. The number of allylic oxidation sites excluding steroid dienone is 2. The Hall–Kier alpha value is -2.95. The maximum Gasteiger partial charge on any atom is 0.254 e. The molecule has 0 N–H and O–H groups in total. The van der Waals surface area contributed by atoms with Gasteiger partial charge in [-0.2, -0.15) is 10.1 Å². The first-order chi connectivity index (χ1) is 13.7. The fraction of sp³-hybridized carbons (Fsp3) is 0.348. The third-order valence-electron chi connectivity index (χ3n) is 6.14. The van der Waals surface area contributed by atoms with Crippen LogP contribution in [0.1, 0.15) is 25.3 Å². The first kappa shape index (κ1) is 17.2. The Balaban J connectivity index is 1.50. The quantitative estimate of drug-likeness (QED) is 0.455. The Labute approximate surface area is 163 Å². The second-order valence-corrected chi connectivity index (χ2v) is 7.78. The molecule has 2 aromatic rings. The summed E-state index contributed by atoms with van der Waals surface area (Å²) in [5.41, 5.74) is 0.797. The van der Waals surface area contributed by atoms with E-state index in [1.165, 1.54) is 0 Å². The van der Waals surface area contributed by atoms with Gasteiger partial charge in [-0.1, -0.05) is 49.4 Å². The summed E-state index contributed by atoms with van der Waals surface area (Å²) in [5, 5.41) is 7.49. The number of fused-ring (bicyclic) bond motifs is 6. The van der Waals surface area contributed by atoms with Crippen LogP contribution in [0, 0.1) is 23.7 Å². The number of carbonyl (C=O) groups excluding carboxylic acids is 2. The molecular weight excluding hydrogens is 352 g/mol. The lowest BCUT2D eigenvalue weighted by atomic mass is 9.85. The monoisotopic (exact) mass is 374 g/mol. The summed E-state index contributed by atoms with van der Waals surface area (Å²) in [4.78, 5) is 25.7. The summed E-state index contributed by atoms with van der Waals surface area (Å²) in [7, 11) is 0. The van der Waals surface area contributed by atoms with Gasteiger partial charge >= 0.3 is 0 Å². The van der Waals surface area contributed by atoms with Crippen LogP contribution in [0.3, 0.4) is 0 Å². The number of hydrogen-bond acceptors (Lipinski definition) is 4. The topological polar surface area (TPSA) is 59.0 Å². The summed E-state index contributed by atoms with van der Waals surface area (Å²) in [6.07, 6.45) is 7.60. The molecule has 0 radical (unpaired) electrons. The average Bonchev–Trinajstić information content (AvgIpc) is 3.39. The zero-order chi connectivity index (χ0) is 19.3. The highest BCUT2D eigenvalue weighted by molar-refractivity contribution is 6.08. The fourth-order valence-electron chi connectivity index (χ4n) is 4.86. The molecule has 1 aliphatic heterocycles. The summed E-state index contributed by atoms with van der Waals surface area (Å²) >= 11 is 0. The number of nitrogens with zero attached hydrogens (tertiary/aromatic N) is 2. The van der Waals surface area contributed by atoms with Gasteiger partial charge in [0.15, 0.2) is 0 Å². The SMILES string of the molecule is CCCOc1ccc2ccccc2c1/C=N\N1C(=O)[C@@H]2[C@@H](C1=O)[C@@H]1C=C[C@@H]2C1. The fourth-order valence-corrected chi connectivity index (χ4v) is 4.86. The summed E-state index contributed by atoms with van der Waals surface area (Å²) in [6, 6.07) is 11.9. The molecule has 3 aliphatic rings. The van der Waals surface area contributed by atoms with Gasteiger partial charge in [-0.3, -0.25) is 9.59 Å². The van der Waals surface area contributed by atoms with Crippen molar-refractivity contribution >= 4 is 28.8 Å². The molecule has 2 aromatic carbocycles.